The standard InChI is InChI=1S/C29H33N7O4.BrH/c1-7-26(37)31-21-14-22(25(40-6)15-24(21)35(4)13-12-34(2)3)32-29-30-16-19(28(38)39)27(33-29)20-17-36(5)23-11-9-8-10-18(20)23;/h7-11,14-17H,1,12-13H2,2-6H3,(H,31,37)(H,38,39)(H,30,32,33);1H. The van der Waals surface area contributed by atoms with Crippen LogP contribution in [0.3, 0.4) is 0 Å². The van der Waals surface area contributed by atoms with E-state index in [1.807, 2.05) is 74.2 Å². The number of nitrogens with zero attached hydrogens (tertiary/aromatic N) is 5. The minimum Gasteiger partial charge on any atom is -0.494 e. The van der Waals surface area contributed by atoms with Gasteiger partial charge in [-0.05, 0) is 32.3 Å². The summed E-state index contributed by atoms with van der Waals surface area (Å²) in [6.07, 6.45) is 4.33. The minimum absolute atomic E-state index is 0. The Hall–Kier alpha value is -4.42. The predicted molar refractivity (Wildman–Crippen MR) is 168 cm³/mol. The summed E-state index contributed by atoms with van der Waals surface area (Å²) in [5.41, 5.74) is 3.64. The van der Waals surface area contributed by atoms with Gasteiger partial charge in [0, 0.05) is 62.1 Å². The van der Waals surface area contributed by atoms with Gasteiger partial charge >= 0.3 is 5.97 Å². The molecule has 11 nitrogen and oxygen atoms in total. The molecule has 0 saturated carbocycles. The number of nitrogens with one attached hydrogen (secondary N) is 2. The molecule has 4 rings (SSSR count). The first-order chi connectivity index (χ1) is 19.1. The van der Waals surface area contributed by atoms with Crippen LogP contribution >= 0.6 is 17.0 Å². The van der Waals surface area contributed by atoms with Gasteiger partial charge in [-0.15, -0.1) is 17.0 Å². The van der Waals surface area contributed by atoms with Crippen LogP contribution in [0.1, 0.15) is 10.4 Å². The van der Waals surface area contributed by atoms with Crippen molar-refractivity contribution in [1.82, 2.24) is 19.4 Å². The number of carbonyl (C=O) groups excluding carboxylic acids is 1. The largest absolute Gasteiger partial charge is 0.494 e. The number of benzene rings is 2. The highest BCUT2D eigenvalue weighted by atomic mass is 79.9. The van der Waals surface area contributed by atoms with Crippen molar-refractivity contribution in [3.05, 3.63) is 67.0 Å². The molecule has 0 atom stereocenters. The van der Waals surface area contributed by atoms with E-state index < -0.39 is 5.97 Å². The van der Waals surface area contributed by atoms with Gasteiger partial charge in [-0.2, -0.15) is 0 Å². The summed E-state index contributed by atoms with van der Waals surface area (Å²) in [5.74, 6) is -0.841. The van der Waals surface area contributed by atoms with Crippen LogP contribution in [0.2, 0.25) is 0 Å². The average Bonchev–Trinajstić information content (AvgIpc) is 3.27. The molecule has 0 bridgehead atoms. The number of halogens is 1. The van der Waals surface area contributed by atoms with Crippen molar-refractivity contribution in [2.75, 3.05) is 56.9 Å². The number of methoxy groups -OCH3 is 1. The van der Waals surface area contributed by atoms with Crippen LogP contribution < -0.4 is 20.3 Å². The van der Waals surface area contributed by atoms with Crippen molar-refractivity contribution in [2.45, 2.75) is 0 Å². The summed E-state index contributed by atoms with van der Waals surface area (Å²) >= 11 is 0. The fourth-order valence-electron chi connectivity index (χ4n) is 4.36. The zero-order chi connectivity index (χ0) is 29.0. The SMILES string of the molecule is Br.C=CC(=O)Nc1cc(Nc2ncc(C(=O)O)c(-c3cn(C)c4ccccc34)n2)c(OC)cc1N(C)CCN(C)C. The molecule has 12 heteroatoms. The zero-order valence-electron chi connectivity index (χ0n) is 23.6. The van der Waals surface area contributed by atoms with Crippen LogP contribution in [0.25, 0.3) is 22.2 Å². The van der Waals surface area contributed by atoms with Gasteiger partial charge in [0.15, 0.2) is 0 Å². The summed E-state index contributed by atoms with van der Waals surface area (Å²) in [5, 5.41) is 16.8. The first-order valence-electron chi connectivity index (χ1n) is 12.6. The molecule has 0 spiro atoms. The summed E-state index contributed by atoms with van der Waals surface area (Å²) in [6.45, 7) is 5.06. The highest BCUT2D eigenvalue weighted by molar-refractivity contribution is 8.93. The number of carboxylic acids is 1. The molecule has 0 aliphatic heterocycles. The van der Waals surface area contributed by atoms with E-state index in [1.165, 1.54) is 12.3 Å². The molecule has 0 aliphatic rings. The Morgan fingerprint density at radius 1 is 1.15 bits per heavy atom. The number of hydrogen-bond donors (Lipinski definition) is 3. The average molecular weight is 625 g/mol. The molecule has 216 valence electrons. The third kappa shape index (κ3) is 6.84. The monoisotopic (exact) mass is 623 g/mol. The van der Waals surface area contributed by atoms with Crippen molar-refractivity contribution in [3.8, 4) is 17.0 Å². The van der Waals surface area contributed by atoms with Gasteiger partial charge in [0.2, 0.25) is 11.9 Å². The van der Waals surface area contributed by atoms with E-state index in [2.05, 4.69) is 32.1 Å². The van der Waals surface area contributed by atoms with Gasteiger partial charge in [-0.25, -0.2) is 14.8 Å². The molecule has 0 saturated heterocycles. The molecule has 1 amide bonds. The number of para-hydroxylation sites is 1. The molecular formula is C29H34BrN7O4. The molecule has 3 N–H and O–H groups in total. The molecule has 2 aromatic carbocycles. The van der Waals surface area contributed by atoms with Gasteiger partial charge in [0.05, 0.1) is 29.9 Å². The first-order valence-corrected chi connectivity index (χ1v) is 12.6. The lowest BCUT2D eigenvalue weighted by atomic mass is 10.1. The van der Waals surface area contributed by atoms with Crippen LogP contribution in [0.4, 0.5) is 23.0 Å². The number of carbonyl (C=O) groups is 2. The van der Waals surface area contributed by atoms with Crippen molar-refractivity contribution >= 4 is 62.8 Å². The van der Waals surface area contributed by atoms with E-state index in [4.69, 9.17) is 4.74 Å². The second-order valence-corrected chi connectivity index (χ2v) is 9.54. The number of amides is 1. The van der Waals surface area contributed by atoms with Crippen molar-refractivity contribution in [3.63, 3.8) is 0 Å². The van der Waals surface area contributed by atoms with E-state index in [-0.39, 0.29) is 40.1 Å². The van der Waals surface area contributed by atoms with Crippen LogP contribution in [0.15, 0.2) is 61.4 Å². The molecule has 0 unspecified atom stereocenters. The summed E-state index contributed by atoms with van der Waals surface area (Å²) in [4.78, 5) is 37.3. The van der Waals surface area contributed by atoms with Gasteiger partial charge in [0.1, 0.15) is 11.3 Å². The Bertz CT molecular complexity index is 1590. The maximum atomic E-state index is 12.3. The number of ether oxygens (including phenoxy) is 1. The van der Waals surface area contributed by atoms with E-state index in [9.17, 15) is 14.7 Å². The maximum Gasteiger partial charge on any atom is 0.339 e. The number of fused-ring (bicyclic) bond motifs is 1. The first kappa shape index (κ1) is 31.1. The Balaban J connectivity index is 0.00000462. The number of anilines is 4. The molecule has 2 heterocycles. The highest BCUT2D eigenvalue weighted by Crippen LogP contribution is 2.38. The van der Waals surface area contributed by atoms with Crippen LogP contribution in [0.5, 0.6) is 5.75 Å². The number of aromatic nitrogens is 3. The summed E-state index contributed by atoms with van der Waals surface area (Å²) in [6, 6.07) is 11.2. The third-order valence-corrected chi connectivity index (χ3v) is 6.47. The minimum atomic E-state index is -1.13. The van der Waals surface area contributed by atoms with Gasteiger partial charge in [0.25, 0.3) is 0 Å². The number of hydrogen-bond acceptors (Lipinski definition) is 8. The molecule has 4 aromatic rings. The quantitative estimate of drug-likeness (QED) is 0.202. The molecule has 0 fully saturated rings. The second kappa shape index (κ2) is 13.3. The van der Waals surface area contributed by atoms with Crippen LogP contribution in [-0.2, 0) is 11.8 Å². The van der Waals surface area contributed by atoms with E-state index in [0.29, 0.717) is 29.2 Å². The van der Waals surface area contributed by atoms with Gasteiger partial charge in [-0.3, -0.25) is 4.79 Å². The van der Waals surface area contributed by atoms with E-state index >= 15 is 0 Å². The van der Waals surface area contributed by atoms with Crippen molar-refractivity contribution in [2.24, 2.45) is 7.05 Å². The zero-order valence-corrected chi connectivity index (χ0v) is 25.3. The molecule has 41 heavy (non-hydrogen) atoms. The maximum absolute atomic E-state index is 12.3. The fourth-order valence-corrected chi connectivity index (χ4v) is 4.36. The lowest BCUT2D eigenvalue weighted by Crippen LogP contribution is -2.29. The van der Waals surface area contributed by atoms with Crippen molar-refractivity contribution < 1.29 is 19.4 Å². The lowest BCUT2D eigenvalue weighted by molar-refractivity contribution is -0.111. The molecule has 0 aliphatic carbocycles. The number of carboxylic acid groups (broad SMARTS) is 1. The Morgan fingerprint density at radius 2 is 1.88 bits per heavy atom. The normalized spacial score (nSPS) is 10.7. The van der Waals surface area contributed by atoms with E-state index in [0.717, 1.165) is 23.1 Å². The van der Waals surface area contributed by atoms with E-state index in [1.54, 1.807) is 13.2 Å². The van der Waals surface area contributed by atoms with Gasteiger partial charge < -0.3 is 34.8 Å². The fraction of sp³-hybridized carbons (Fsp3) is 0.241. The van der Waals surface area contributed by atoms with Crippen molar-refractivity contribution in [1.29, 1.82) is 0 Å². The summed E-state index contributed by atoms with van der Waals surface area (Å²) in [7, 11) is 9.35. The number of aromatic carboxylic acids is 1. The summed E-state index contributed by atoms with van der Waals surface area (Å²) < 4.78 is 7.60. The molecular weight excluding hydrogens is 590 g/mol. The number of rotatable bonds is 11. The highest BCUT2D eigenvalue weighted by Gasteiger charge is 2.21. The number of likely N-dealkylation sites (N-methyl/N-ethyl adjacent to an activating group) is 2. The second-order valence-electron chi connectivity index (χ2n) is 9.54. The van der Waals surface area contributed by atoms with Crippen LogP contribution in [0, 0.1) is 0 Å². The van der Waals surface area contributed by atoms with Crippen LogP contribution in [-0.4, -0.2) is 77.8 Å². The number of aryl methyl sites for hydroxylation is 1. The Labute approximate surface area is 249 Å². The topological polar surface area (TPSA) is 125 Å². The van der Waals surface area contributed by atoms with Gasteiger partial charge in [-0.1, -0.05) is 24.8 Å². The molecule has 0 radical (unpaired) electrons. The smallest absolute Gasteiger partial charge is 0.339 e. The Morgan fingerprint density at radius 3 is 2.54 bits per heavy atom. The third-order valence-electron chi connectivity index (χ3n) is 6.47. The predicted octanol–water partition coefficient (Wildman–Crippen LogP) is 4.79. The Kier molecular flexibility index (Phi) is 10.1. The molecule has 2 aromatic heterocycles. The lowest BCUT2D eigenvalue weighted by Gasteiger charge is -2.26.